The molecule has 0 radical (unpaired) electrons. The van der Waals surface area contributed by atoms with E-state index in [9.17, 15) is 14.7 Å². The highest BCUT2D eigenvalue weighted by Gasteiger charge is 2.42. The van der Waals surface area contributed by atoms with Crippen molar-refractivity contribution >= 4 is 34.9 Å². The van der Waals surface area contributed by atoms with Crippen LogP contribution < -0.4 is 14.8 Å². The molecule has 0 spiro atoms. The average Bonchev–Trinajstić information content (AvgIpc) is 3.38. The van der Waals surface area contributed by atoms with Crippen molar-refractivity contribution in [2.45, 2.75) is 51.1 Å². The average molecular weight is 592 g/mol. The molecule has 2 N–H and O–H groups in total. The third-order valence-corrected chi connectivity index (χ3v) is 8.07. The van der Waals surface area contributed by atoms with Crippen LogP contribution in [0.3, 0.4) is 0 Å². The number of carbonyl (C=O) groups is 2. The standard InChI is InChI=1S/C33H38ClN3O5/c1-5-37-17-9-16-33(37,2)32(40)36-27-14-13-24(34)20-26(27)31(23-10-7-6-8-11-23)35-25(21-30(38)39)18-22-12-15-28(41-3)29(19-22)42-4/h6-8,10-15,19-20,25H,5,9,16-18,21H2,1-4H3,(H,36,40)(H,38,39)/t25-,33-/m1/s1. The second-order valence-electron chi connectivity index (χ2n) is 10.6. The van der Waals surface area contributed by atoms with Gasteiger partial charge in [-0.15, -0.1) is 0 Å². The predicted molar refractivity (Wildman–Crippen MR) is 166 cm³/mol. The maximum absolute atomic E-state index is 13.7. The van der Waals surface area contributed by atoms with E-state index in [4.69, 9.17) is 26.1 Å². The van der Waals surface area contributed by atoms with E-state index in [-0.39, 0.29) is 12.3 Å². The molecule has 0 saturated carbocycles. The number of likely N-dealkylation sites (N-methyl/N-ethyl adjacent to an activating group) is 1. The van der Waals surface area contributed by atoms with Gasteiger partial charge >= 0.3 is 5.97 Å². The molecule has 1 fully saturated rings. The zero-order valence-corrected chi connectivity index (χ0v) is 25.3. The van der Waals surface area contributed by atoms with Gasteiger partial charge in [-0.2, -0.15) is 0 Å². The molecule has 1 amide bonds. The normalized spacial score (nSPS) is 18.0. The van der Waals surface area contributed by atoms with Crippen LogP contribution in [-0.2, 0) is 16.0 Å². The molecule has 3 aromatic carbocycles. The van der Waals surface area contributed by atoms with Gasteiger partial charge in [-0.05, 0) is 75.2 Å². The molecule has 0 unspecified atom stereocenters. The van der Waals surface area contributed by atoms with E-state index in [1.165, 1.54) is 0 Å². The van der Waals surface area contributed by atoms with Crippen molar-refractivity contribution in [2.24, 2.45) is 4.99 Å². The van der Waals surface area contributed by atoms with Crippen molar-refractivity contribution in [3.8, 4) is 11.5 Å². The zero-order valence-electron chi connectivity index (χ0n) is 24.5. The fourth-order valence-electron chi connectivity index (χ4n) is 5.58. The topological polar surface area (TPSA) is 100 Å². The number of carboxylic acids is 1. The summed E-state index contributed by atoms with van der Waals surface area (Å²) in [5, 5.41) is 13.5. The summed E-state index contributed by atoms with van der Waals surface area (Å²) in [7, 11) is 3.12. The molecule has 0 aromatic heterocycles. The molecule has 1 saturated heterocycles. The summed E-state index contributed by atoms with van der Waals surface area (Å²) in [6.07, 6.45) is 1.86. The summed E-state index contributed by atoms with van der Waals surface area (Å²) in [6, 6.07) is 19.7. The van der Waals surface area contributed by atoms with Gasteiger partial charge in [0.25, 0.3) is 0 Å². The second-order valence-corrected chi connectivity index (χ2v) is 11.0. The number of halogens is 1. The number of likely N-dealkylation sites (tertiary alicyclic amines) is 1. The second kappa shape index (κ2) is 13.9. The lowest BCUT2D eigenvalue weighted by Gasteiger charge is -2.33. The smallest absolute Gasteiger partial charge is 0.305 e. The van der Waals surface area contributed by atoms with Gasteiger partial charge in [0.15, 0.2) is 11.5 Å². The SMILES string of the molecule is CCN1CCC[C@]1(C)C(=O)Nc1ccc(Cl)cc1C(=N[C@@H](CC(=O)O)Cc1ccc(OC)c(OC)c1)c1ccccc1. The number of amides is 1. The minimum absolute atomic E-state index is 0.0924. The van der Waals surface area contributed by atoms with Crippen molar-refractivity contribution < 1.29 is 24.2 Å². The van der Waals surface area contributed by atoms with Crippen LogP contribution in [0.25, 0.3) is 0 Å². The molecule has 0 bridgehead atoms. The molecule has 222 valence electrons. The number of carbonyl (C=O) groups excluding carboxylic acids is 1. The number of benzene rings is 3. The van der Waals surface area contributed by atoms with Crippen LogP contribution in [0, 0.1) is 0 Å². The van der Waals surface area contributed by atoms with Gasteiger partial charge in [-0.3, -0.25) is 19.5 Å². The van der Waals surface area contributed by atoms with Crippen LogP contribution in [0.2, 0.25) is 5.02 Å². The number of rotatable bonds is 12. The van der Waals surface area contributed by atoms with Gasteiger partial charge in [0.2, 0.25) is 5.91 Å². The molecule has 8 nitrogen and oxygen atoms in total. The number of hydrogen-bond donors (Lipinski definition) is 2. The number of hydrogen-bond acceptors (Lipinski definition) is 6. The lowest BCUT2D eigenvalue weighted by molar-refractivity contribution is -0.137. The van der Waals surface area contributed by atoms with E-state index >= 15 is 0 Å². The number of carboxylic acid groups (broad SMARTS) is 1. The molecule has 42 heavy (non-hydrogen) atoms. The number of aliphatic imine (C=N–C) groups is 1. The van der Waals surface area contributed by atoms with Gasteiger partial charge in [-0.1, -0.05) is 54.9 Å². The highest BCUT2D eigenvalue weighted by molar-refractivity contribution is 6.31. The van der Waals surface area contributed by atoms with Crippen LogP contribution in [0.15, 0.2) is 71.7 Å². The molecular formula is C33H38ClN3O5. The Labute approximate surface area is 252 Å². The maximum atomic E-state index is 13.7. The van der Waals surface area contributed by atoms with Gasteiger partial charge in [-0.25, -0.2) is 0 Å². The van der Waals surface area contributed by atoms with Crippen LogP contribution in [0.5, 0.6) is 11.5 Å². The summed E-state index contributed by atoms with van der Waals surface area (Å²) in [5.74, 6) is 0.0782. The Morgan fingerprint density at radius 3 is 2.48 bits per heavy atom. The predicted octanol–water partition coefficient (Wildman–Crippen LogP) is 6.09. The molecular weight excluding hydrogens is 554 g/mol. The monoisotopic (exact) mass is 591 g/mol. The number of aliphatic carboxylic acids is 1. The van der Waals surface area contributed by atoms with Crippen LogP contribution >= 0.6 is 11.6 Å². The van der Waals surface area contributed by atoms with E-state index < -0.39 is 17.6 Å². The van der Waals surface area contributed by atoms with Crippen molar-refractivity contribution in [3.63, 3.8) is 0 Å². The van der Waals surface area contributed by atoms with Crippen molar-refractivity contribution in [3.05, 3.63) is 88.4 Å². The Kier molecular flexibility index (Phi) is 10.2. The summed E-state index contributed by atoms with van der Waals surface area (Å²) in [5.41, 5.74) is 2.73. The maximum Gasteiger partial charge on any atom is 0.305 e. The van der Waals surface area contributed by atoms with Crippen molar-refractivity contribution in [1.29, 1.82) is 0 Å². The summed E-state index contributed by atoms with van der Waals surface area (Å²) >= 11 is 6.50. The third-order valence-electron chi connectivity index (χ3n) is 7.83. The lowest BCUT2D eigenvalue weighted by Crippen LogP contribution is -2.50. The minimum atomic E-state index is -0.968. The molecule has 0 aliphatic carbocycles. The number of nitrogens with one attached hydrogen (secondary N) is 1. The highest BCUT2D eigenvalue weighted by atomic mass is 35.5. The minimum Gasteiger partial charge on any atom is -0.493 e. The highest BCUT2D eigenvalue weighted by Crippen LogP contribution is 2.33. The Morgan fingerprint density at radius 2 is 1.81 bits per heavy atom. The van der Waals surface area contributed by atoms with Crippen LogP contribution in [0.1, 0.15) is 49.8 Å². The number of nitrogens with zero attached hydrogens (tertiary/aromatic N) is 2. The summed E-state index contributed by atoms with van der Waals surface area (Å²) in [4.78, 5) is 32.9. The quantitative estimate of drug-likeness (QED) is 0.247. The largest absolute Gasteiger partial charge is 0.493 e. The van der Waals surface area contributed by atoms with Crippen molar-refractivity contribution in [1.82, 2.24) is 4.90 Å². The van der Waals surface area contributed by atoms with E-state index in [2.05, 4.69) is 17.1 Å². The third kappa shape index (κ3) is 7.12. The van der Waals surface area contributed by atoms with E-state index in [1.54, 1.807) is 38.5 Å². The summed E-state index contributed by atoms with van der Waals surface area (Å²) in [6.45, 7) is 5.69. The van der Waals surface area contributed by atoms with E-state index in [0.29, 0.717) is 39.9 Å². The first-order valence-electron chi connectivity index (χ1n) is 14.1. The van der Waals surface area contributed by atoms with Gasteiger partial charge in [0.05, 0.1) is 43.6 Å². The Morgan fingerprint density at radius 1 is 1.07 bits per heavy atom. The van der Waals surface area contributed by atoms with E-state index in [1.807, 2.05) is 49.4 Å². The lowest BCUT2D eigenvalue weighted by atomic mass is 9.95. The molecule has 1 heterocycles. The first-order valence-corrected chi connectivity index (χ1v) is 14.5. The number of ether oxygens (including phenoxy) is 2. The van der Waals surface area contributed by atoms with Gasteiger partial charge in [0.1, 0.15) is 0 Å². The molecule has 3 aromatic rings. The molecule has 4 rings (SSSR count). The Bertz CT molecular complexity index is 1440. The fraction of sp³-hybridized carbons (Fsp3) is 0.364. The Hall–Kier alpha value is -3.88. The molecule has 9 heteroatoms. The molecule has 1 aliphatic heterocycles. The fourth-order valence-corrected chi connectivity index (χ4v) is 5.76. The van der Waals surface area contributed by atoms with Gasteiger partial charge in [0, 0.05) is 16.1 Å². The number of methoxy groups -OCH3 is 2. The van der Waals surface area contributed by atoms with Gasteiger partial charge < -0.3 is 19.9 Å². The zero-order chi connectivity index (χ0) is 30.3. The van der Waals surface area contributed by atoms with Crippen LogP contribution in [0.4, 0.5) is 5.69 Å². The van der Waals surface area contributed by atoms with E-state index in [0.717, 1.165) is 37.1 Å². The van der Waals surface area contributed by atoms with Crippen molar-refractivity contribution in [2.75, 3.05) is 32.6 Å². The molecule has 1 aliphatic rings. The van der Waals surface area contributed by atoms with Crippen LogP contribution in [-0.4, -0.2) is 66.5 Å². The number of anilines is 1. The summed E-state index contributed by atoms with van der Waals surface area (Å²) < 4.78 is 10.8. The first-order chi connectivity index (χ1) is 20.2. The Balaban J connectivity index is 1.79. The first kappa shape index (κ1) is 31.1. The molecule has 2 atom stereocenters.